The molecule has 1 aromatic heterocycles. The second-order valence-electron chi connectivity index (χ2n) is 5.28. The highest BCUT2D eigenvalue weighted by molar-refractivity contribution is 5.71. The van der Waals surface area contributed by atoms with Crippen molar-refractivity contribution in [3.8, 4) is 0 Å². The number of carboxylic acid groups (broad SMARTS) is 1. The van der Waals surface area contributed by atoms with Crippen LogP contribution in [0.1, 0.15) is 37.4 Å². The summed E-state index contributed by atoms with van der Waals surface area (Å²) in [4.78, 5) is 15.1. The van der Waals surface area contributed by atoms with Crippen LogP contribution in [0.25, 0.3) is 0 Å². The Hall–Kier alpha value is -1.64. The van der Waals surface area contributed by atoms with Gasteiger partial charge >= 0.3 is 12.1 Å². The van der Waals surface area contributed by atoms with Crippen LogP contribution in [0.3, 0.4) is 0 Å². The van der Waals surface area contributed by atoms with Crippen molar-refractivity contribution >= 4 is 5.97 Å². The molecule has 9 heteroatoms. The fourth-order valence-electron chi connectivity index (χ4n) is 2.57. The summed E-state index contributed by atoms with van der Waals surface area (Å²) in [6.07, 6.45) is -3.30. The molecule has 1 N–H and O–H groups in total. The summed E-state index contributed by atoms with van der Waals surface area (Å²) < 4.78 is 45.2. The second-order valence-corrected chi connectivity index (χ2v) is 5.28. The second kappa shape index (κ2) is 6.00. The summed E-state index contributed by atoms with van der Waals surface area (Å²) in [5.74, 6) is -1.59. The van der Waals surface area contributed by atoms with Crippen molar-refractivity contribution in [3.63, 3.8) is 0 Å². The predicted molar refractivity (Wildman–Crippen MR) is 62.3 cm³/mol. The molecular formula is C12H15F3N2O4. The van der Waals surface area contributed by atoms with Crippen molar-refractivity contribution < 1.29 is 32.3 Å². The summed E-state index contributed by atoms with van der Waals surface area (Å²) in [5.41, 5.74) is 0. The third kappa shape index (κ3) is 4.16. The molecule has 0 aliphatic heterocycles. The van der Waals surface area contributed by atoms with E-state index in [0.717, 1.165) is 0 Å². The van der Waals surface area contributed by atoms with Crippen LogP contribution in [0.15, 0.2) is 4.52 Å². The number of ether oxygens (including phenoxy) is 1. The molecular weight excluding hydrogens is 293 g/mol. The van der Waals surface area contributed by atoms with Crippen LogP contribution < -0.4 is 0 Å². The molecule has 0 radical (unpaired) electrons. The molecule has 6 nitrogen and oxygen atoms in total. The Labute approximate surface area is 118 Å². The van der Waals surface area contributed by atoms with Crippen LogP contribution in [-0.2, 0) is 16.1 Å². The number of hydrogen-bond acceptors (Lipinski definition) is 5. The highest BCUT2D eigenvalue weighted by atomic mass is 19.4. The number of aliphatic carboxylic acids is 1. The maximum Gasteiger partial charge on any atom is 0.411 e. The van der Waals surface area contributed by atoms with E-state index in [1.54, 1.807) is 0 Å². The Morgan fingerprint density at radius 2 is 2.19 bits per heavy atom. The van der Waals surface area contributed by atoms with Gasteiger partial charge in [0.05, 0.1) is 11.8 Å². The van der Waals surface area contributed by atoms with E-state index in [1.165, 1.54) is 0 Å². The van der Waals surface area contributed by atoms with Crippen molar-refractivity contribution in [3.05, 3.63) is 11.7 Å². The SMILES string of the molecule is CC1CC(C(=O)O)C(c2nc(COCC(F)(F)F)no2)C1. The fourth-order valence-corrected chi connectivity index (χ4v) is 2.57. The monoisotopic (exact) mass is 308 g/mol. The number of halogens is 3. The first-order valence-electron chi connectivity index (χ1n) is 6.46. The lowest BCUT2D eigenvalue weighted by atomic mass is 9.96. The van der Waals surface area contributed by atoms with Crippen LogP contribution in [0.5, 0.6) is 0 Å². The van der Waals surface area contributed by atoms with Crippen LogP contribution in [0, 0.1) is 11.8 Å². The average Bonchev–Trinajstić information content (AvgIpc) is 2.93. The zero-order chi connectivity index (χ0) is 15.6. The van der Waals surface area contributed by atoms with Crippen molar-refractivity contribution in [1.29, 1.82) is 0 Å². The first-order chi connectivity index (χ1) is 9.76. The summed E-state index contributed by atoms with van der Waals surface area (Å²) in [7, 11) is 0. The zero-order valence-corrected chi connectivity index (χ0v) is 11.3. The van der Waals surface area contributed by atoms with E-state index in [1.807, 2.05) is 6.92 Å². The van der Waals surface area contributed by atoms with Crippen molar-refractivity contribution in [2.45, 2.75) is 38.5 Å². The van der Waals surface area contributed by atoms with E-state index < -0.39 is 37.2 Å². The van der Waals surface area contributed by atoms with Gasteiger partial charge in [0.15, 0.2) is 5.82 Å². The Bertz CT molecular complexity index is 503. The van der Waals surface area contributed by atoms with Gasteiger partial charge in [0, 0.05) is 0 Å². The van der Waals surface area contributed by atoms with Crippen molar-refractivity contribution in [1.82, 2.24) is 10.1 Å². The average molecular weight is 308 g/mol. The van der Waals surface area contributed by atoms with E-state index in [2.05, 4.69) is 14.9 Å². The first-order valence-corrected chi connectivity index (χ1v) is 6.46. The van der Waals surface area contributed by atoms with Gasteiger partial charge in [-0.05, 0) is 18.8 Å². The van der Waals surface area contributed by atoms with Crippen LogP contribution in [0.4, 0.5) is 13.2 Å². The maximum absolute atomic E-state index is 11.9. The van der Waals surface area contributed by atoms with Gasteiger partial charge in [0.25, 0.3) is 0 Å². The quantitative estimate of drug-likeness (QED) is 0.898. The molecule has 0 saturated heterocycles. The van der Waals surface area contributed by atoms with Gasteiger partial charge in [0.1, 0.15) is 13.2 Å². The van der Waals surface area contributed by atoms with E-state index in [0.29, 0.717) is 12.8 Å². The molecule has 3 unspecified atom stereocenters. The van der Waals surface area contributed by atoms with Crippen LogP contribution in [-0.4, -0.2) is 34.0 Å². The van der Waals surface area contributed by atoms with E-state index in [4.69, 9.17) is 9.63 Å². The molecule has 3 atom stereocenters. The lowest BCUT2D eigenvalue weighted by Crippen LogP contribution is -2.17. The third-order valence-corrected chi connectivity index (χ3v) is 3.41. The van der Waals surface area contributed by atoms with E-state index in [9.17, 15) is 18.0 Å². The molecule has 21 heavy (non-hydrogen) atoms. The number of alkyl halides is 3. The van der Waals surface area contributed by atoms with Gasteiger partial charge in [-0.2, -0.15) is 18.2 Å². The number of carboxylic acids is 1. The van der Waals surface area contributed by atoms with Gasteiger partial charge in [-0.3, -0.25) is 4.79 Å². The number of carbonyl (C=O) groups is 1. The smallest absolute Gasteiger partial charge is 0.411 e. The molecule has 118 valence electrons. The topological polar surface area (TPSA) is 85.5 Å². The largest absolute Gasteiger partial charge is 0.481 e. The van der Waals surface area contributed by atoms with Crippen molar-refractivity contribution in [2.75, 3.05) is 6.61 Å². The Morgan fingerprint density at radius 1 is 1.48 bits per heavy atom. The van der Waals surface area contributed by atoms with Gasteiger partial charge in [-0.25, -0.2) is 0 Å². The highest BCUT2D eigenvalue weighted by Crippen LogP contribution is 2.42. The molecule has 1 aliphatic rings. The summed E-state index contributed by atoms with van der Waals surface area (Å²) in [6, 6.07) is 0. The summed E-state index contributed by atoms with van der Waals surface area (Å²) in [5, 5.41) is 12.7. The van der Waals surface area contributed by atoms with E-state index >= 15 is 0 Å². The lowest BCUT2D eigenvalue weighted by Gasteiger charge is -2.10. The van der Waals surface area contributed by atoms with Crippen molar-refractivity contribution in [2.24, 2.45) is 11.8 Å². The highest BCUT2D eigenvalue weighted by Gasteiger charge is 2.41. The standard InChI is InChI=1S/C12H15F3N2O4/c1-6-2-7(8(3-6)11(18)19)10-16-9(17-21-10)4-20-5-12(13,14)15/h6-8H,2-5H2,1H3,(H,18,19). The molecule has 2 rings (SSSR count). The molecule has 0 aromatic carbocycles. The molecule has 1 aromatic rings. The summed E-state index contributed by atoms with van der Waals surface area (Å²) in [6.45, 7) is 0.109. The third-order valence-electron chi connectivity index (χ3n) is 3.41. The number of nitrogens with zero attached hydrogens (tertiary/aromatic N) is 2. The minimum Gasteiger partial charge on any atom is -0.481 e. The Balaban J connectivity index is 1.97. The summed E-state index contributed by atoms with van der Waals surface area (Å²) >= 11 is 0. The van der Waals surface area contributed by atoms with Gasteiger partial charge in [-0.15, -0.1) is 0 Å². The molecule has 1 heterocycles. The Morgan fingerprint density at radius 3 is 2.81 bits per heavy atom. The molecule has 0 spiro atoms. The van der Waals surface area contributed by atoms with Crippen LogP contribution in [0.2, 0.25) is 0 Å². The van der Waals surface area contributed by atoms with Gasteiger partial charge in [-0.1, -0.05) is 12.1 Å². The minimum absolute atomic E-state index is 0.0158. The molecule has 1 fully saturated rings. The molecule has 0 amide bonds. The Kier molecular flexibility index (Phi) is 4.50. The number of hydrogen-bond donors (Lipinski definition) is 1. The lowest BCUT2D eigenvalue weighted by molar-refractivity contribution is -0.177. The maximum atomic E-state index is 11.9. The minimum atomic E-state index is -4.41. The number of aromatic nitrogens is 2. The normalized spacial score (nSPS) is 26.2. The first kappa shape index (κ1) is 15.7. The predicted octanol–water partition coefficient (Wildman–Crippen LogP) is 2.36. The molecule has 1 aliphatic carbocycles. The molecule has 0 bridgehead atoms. The van der Waals surface area contributed by atoms with E-state index in [-0.39, 0.29) is 17.6 Å². The van der Waals surface area contributed by atoms with Gasteiger partial charge < -0.3 is 14.4 Å². The molecule has 1 saturated carbocycles. The fraction of sp³-hybridized carbons (Fsp3) is 0.750. The number of rotatable bonds is 5. The zero-order valence-electron chi connectivity index (χ0n) is 11.3. The van der Waals surface area contributed by atoms with Crippen LogP contribution >= 0.6 is 0 Å². The van der Waals surface area contributed by atoms with Gasteiger partial charge in [0.2, 0.25) is 5.89 Å².